The molecule has 0 aromatic carbocycles. The molecule has 1 rings (SSSR count). The zero-order valence-corrected chi connectivity index (χ0v) is 12.4. The van der Waals surface area contributed by atoms with Gasteiger partial charge in [-0.25, -0.2) is 0 Å². The lowest BCUT2D eigenvalue weighted by Crippen LogP contribution is -2.59. The van der Waals surface area contributed by atoms with Crippen molar-refractivity contribution in [2.24, 2.45) is 0 Å². The average molecular weight is 273 g/mol. The van der Waals surface area contributed by atoms with Gasteiger partial charge in [-0.3, -0.25) is 9.69 Å². The predicted octanol–water partition coefficient (Wildman–Crippen LogP) is -0.866. The Morgan fingerprint density at radius 3 is 2.79 bits per heavy atom. The molecule has 19 heavy (non-hydrogen) atoms. The Bertz CT molecular complexity index is 284. The highest BCUT2D eigenvalue weighted by Gasteiger charge is 2.30. The molecule has 2 unspecified atom stereocenters. The van der Waals surface area contributed by atoms with E-state index in [4.69, 9.17) is 4.74 Å². The first kappa shape index (κ1) is 16.4. The van der Waals surface area contributed by atoms with Crippen LogP contribution >= 0.6 is 0 Å². The average Bonchev–Trinajstić information content (AvgIpc) is 2.36. The number of carbonyl (C=O) groups is 1. The molecule has 0 aromatic heterocycles. The topological polar surface area (TPSA) is 65.0 Å². The van der Waals surface area contributed by atoms with Crippen molar-refractivity contribution < 1.29 is 14.6 Å². The fourth-order valence-electron chi connectivity index (χ4n) is 2.13. The standard InChI is InChI=1S/C13H27N3O3/c1-10(2)19-9-11(17)8-16-6-5-14-7-12(16)13(18)15(3)4/h10-12,14,17H,5-9H2,1-4H3. The number of rotatable bonds is 6. The van der Waals surface area contributed by atoms with Crippen LogP contribution in [-0.4, -0.2) is 85.9 Å². The number of likely N-dealkylation sites (N-methyl/N-ethyl adjacent to an activating group) is 1. The van der Waals surface area contributed by atoms with Crippen LogP contribution in [0.15, 0.2) is 0 Å². The first-order chi connectivity index (χ1) is 8.91. The normalized spacial score (nSPS) is 22.5. The van der Waals surface area contributed by atoms with Crippen LogP contribution in [0.3, 0.4) is 0 Å². The molecule has 0 spiro atoms. The fraction of sp³-hybridized carbons (Fsp3) is 0.923. The molecule has 0 bridgehead atoms. The first-order valence-electron chi connectivity index (χ1n) is 6.87. The quantitative estimate of drug-likeness (QED) is 0.659. The van der Waals surface area contributed by atoms with Crippen molar-refractivity contribution in [3.63, 3.8) is 0 Å². The fourth-order valence-corrected chi connectivity index (χ4v) is 2.13. The van der Waals surface area contributed by atoms with Crippen LogP contribution in [0.4, 0.5) is 0 Å². The Morgan fingerprint density at radius 2 is 2.21 bits per heavy atom. The Kier molecular flexibility index (Phi) is 6.71. The minimum Gasteiger partial charge on any atom is -0.389 e. The number of hydrogen-bond donors (Lipinski definition) is 2. The number of amides is 1. The molecule has 6 heteroatoms. The summed E-state index contributed by atoms with van der Waals surface area (Å²) in [6.45, 7) is 6.90. The Balaban J connectivity index is 2.50. The van der Waals surface area contributed by atoms with Gasteiger partial charge >= 0.3 is 0 Å². The largest absolute Gasteiger partial charge is 0.389 e. The number of β-amino-alcohol motifs (C(OH)–C–C–N with tert-alkyl or cyclic N) is 1. The molecule has 1 heterocycles. The summed E-state index contributed by atoms with van der Waals surface area (Å²) < 4.78 is 5.40. The molecular weight excluding hydrogens is 246 g/mol. The number of aliphatic hydroxyl groups is 1. The molecule has 112 valence electrons. The molecule has 0 saturated carbocycles. The van der Waals surface area contributed by atoms with Crippen molar-refractivity contribution in [3.8, 4) is 0 Å². The van der Waals surface area contributed by atoms with Crippen molar-refractivity contribution >= 4 is 5.91 Å². The number of nitrogens with one attached hydrogen (secondary N) is 1. The first-order valence-corrected chi connectivity index (χ1v) is 6.87. The molecule has 1 aliphatic rings. The molecule has 0 aliphatic carbocycles. The number of carbonyl (C=O) groups excluding carboxylic acids is 1. The summed E-state index contributed by atoms with van der Waals surface area (Å²) in [5.74, 6) is 0.0733. The van der Waals surface area contributed by atoms with Crippen LogP contribution in [0.25, 0.3) is 0 Å². The van der Waals surface area contributed by atoms with E-state index in [0.717, 1.165) is 13.1 Å². The van der Waals surface area contributed by atoms with Gasteiger partial charge in [-0.2, -0.15) is 0 Å². The SMILES string of the molecule is CC(C)OCC(O)CN1CCNCC1C(=O)N(C)C. The molecule has 1 fully saturated rings. The monoisotopic (exact) mass is 273 g/mol. The van der Waals surface area contributed by atoms with Crippen LogP contribution in [0, 0.1) is 0 Å². The van der Waals surface area contributed by atoms with Gasteiger partial charge in [-0.15, -0.1) is 0 Å². The second-order valence-electron chi connectivity index (χ2n) is 5.48. The van der Waals surface area contributed by atoms with Gasteiger partial charge in [0.05, 0.1) is 18.8 Å². The van der Waals surface area contributed by atoms with E-state index in [2.05, 4.69) is 5.32 Å². The molecule has 2 atom stereocenters. The number of nitrogens with zero attached hydrogens (tertiary/aromatic N) is 2. The second kappa shape index (κ2) is 7.79. The van der Waals surface area contributed by atoms with Gasteiger partial charge in [0.25, 0.3) is 0 Å². The maximum Gasteiger partial charge on any atom is 0.240 e. The van der Waals surface area contributed by atoms with E-state index < -0.39 is 6.10 Å². The zero-order valence-electron chi connectivity index (χ0n) is 12.4. The van der Waals surface area contributed by atoms with E-state index in [9.17, 15) is 9.90 Å². The number of ether oxygens (including phenoxy) is 1. The molecule has 6 nitrogen and oxygen atoms in total. The molecule has 1 aliphatic heterocycles. The summed E-state index contributed by atoms with van der Waals surface area (Å²) in [7, 11) is 3.51. The third kappa shape index (κ3) is 5.44. The number of piperazine rings is 1. The molecular formula is C13H27N3O3. The maximum absolute atomic E-state index is 12.1. The molecule has 1 saturated heterocycles. The minimum absolute atomic E-state index is 0.0733. The van der Waals surface area contributed by atoms with Gasteiger partial charge in [-0.1, -0.05) is 0 Å². The van der Waals surface area contributed by atoms with E-state index in [1.807, 2.05) is 18.7 Å². The lowest BCUT2D eigenvalue weighted by atomic mass is 10.1. The molecule has 1 amide bonds. The molecule has 0 aromatic rings. The van der Waals surface area contributed by atoms with Crippen LogP contribution in [0.1, 0.15) is 13.8 Å². The Labute approximate surface area is 115 Å². The maximum atomic E-state index is 12.1. The van der Waals surface area contributed by atoms with E-state index in [1.54, 1.807) is 19.0 Å². The summed E-state index contributed by atoms with van der Waals surface area (Å²) in [5, 5.41) is 13.2. The van der Waals surface area contributed by atoms with Crippen molar-refractivity contribution in [2.45, 2.75) is 32.1 Å². The lowest BCUT2D eigenvalue weighted by Gasteiger charge is -2.37. The molecule has 0 radical (unpaired) electrons. The van der Waals surface area contributed by atoms with Gasteiger partial charge < -0.3 is 20.1 Å². The van der Waals surface area contributed by atoms with Gasteiger partial charge in [0, 0.05) is 40.3 Å². The van der Waals surface area contributed by atoms with Crippen molar-refractivity contribution in [2.75, 3.05) is 46.9 Å². The summed E-state index contributed by atoms with van der Waals surface area (Å²) in [6.07, 6.45) is -0.449. The highest BCUT2D eigenvalue weighted by Crippen LogP contribution is 2.07. The van der Waals surface area contributed by atoms with Crippen LogP contribution in [0.2, 0.25) is 0 Å². The van der Waals surface area contributed by atoms with Crippen molar-refractivity contribution in [1.82, 2.24) is 15.1 Å². The van der Waals surface area contributed by atoms with Gasteiger partial charge in [0.2, 0.25) is 5.91 Å². The van der Waals surface area contributed by atoms with Crippen LogP contribution in [-0.2, 0) is 9.53 Å². The lowest BCUT2D eigenvalue weighted by molar-refractivity contribution is -0.136. The van der Waals surface area contributed by atoms with Gasteiger partial charge in [0.15, 0.2) is 0 Å². The third-order valence-electron chi connectivity index (χ3n) is 3.15. The summed E-state index contributed by atoms with van der Waals surface area (Å²) in [6, 6.07) is -0.197. The summed E-state index contributed by atoms with van der Waals surface area (Å²) in [4.78, 5) is 15.7. The van der Waals surface area contributed by atoms with Gasteiger partial charge in [-0.05, 0) is 13.8 Å². The highest BCUT2D eigenvalue weighted by molar-refractivity contribution is 5.81. The Morgan fingerprint density at radius 1 is 1.53 bits per heavy atom. The number of aliphatic hydroxyl groups excluding tert-OH is 1. The van der Waals surface area contributed by atoms with Crippen LogP contribution in [0.5, 0.6) is 0 Å². The smallest absolute Gasteiger partial charge is 0.240 e. The Hall–Kier alpha value is -0.690. The number of hydrogen-bond acceptors (Lipinski definition) is 5. The van der Waals surface area contributed by atoms with Gasteiger partial charge in [0.1, 0.15) is 6.04 Å². The van der Waals surface area contributed by atoms with E-state index in [-0.39, 0.29) is 18.1 Å². The minimum atomic E-state index is -0.557. The van der Waals surface area contributed by atoms with E-state index in [1.165, 1.54) is 0 Å². The highest BCUT2D eigenvalue weighted by atomic mass is 16.5. The van der Waals surface area contributed by atoms with Crippen molar-refractivity contribution in [3.05, 3.63) is 0 Å². The predicted molar refractivity (Wildman–Crippen MR) is 74.0 cm³/mol. The molecule has 2 N–H and O–H groups in total. The second-order valence-corrected chi connectivity index (χ2v) is 5.48. The summed E-state index contributed by atoms with van der Waals surface area (Å²) in [5.41, 5.74) is 0. The zero-order chi connectivity index (χ0) is 14.4. The van der Waals surface area contributed by atoms with Crippen molar-refractivity contribution in [1.29, 1.82) is 0 Å². The van der Waals surface area contributed by atoms with E-state index >= 15 is 0 Å². The van der Waals surface area contributed by atoms with E-state index in [0.29, 0.717) is 19.7 Å². The summed E-state index contributed by atoms with van der Waals surface area (Å²) >= 11 is 0. The van der Waals surface area contributed by atoms with Crippen LogP contribution < -0.4 is 5.32 Å². The third-order valence-corrected chi connectivity index (χ3v) is 3.15.